The highest BCUT2D eigenvalue weighted by Crippen LogP contribution is 2.39. The van der Waals surface area contributed by atoms with E-state index in [-0.39, 0.29) is 22.1 Å². The Bertz CT molecular complexity index is 1800. The summed E-state index contributed by atoms with van der Waals surface area (Å²) in [4.78, 5) is 6.90. The smallest absolute Gasteiger partial charge is 0.417 e. The number of anilines is 1. The number of rotatable bonds is 11. The van der Waals surface area contributed by atoms with Gasteiger partial charge in [-0.1, -0.05) is 18.5 Å². The predicted octanol–water partition coefficient (Wildman–Crippen LogP) is 8.43. The van der Waals surface area contributed by atoms with Crippen LogP contribution >= 0.6 is 23.8 Å². The van der Waals surface area contributed by atoms with E-state index in [4.69, 9.17) is 43.8 Å². The lowest BCUT2D eigenvalue weighted by Gasteiger charge is -2.30. The number of hydrogen-bond acceptors (Lipinski definition) is 7. The van der Waals surface area contributed by atoms with Crippen LogP contribution in [0, 0.1) is 11.7 Å². The molecule has 0 saturated carbocycles. The molecule has 5 rings (SSSR count). The molecule has 2 heterocycles. The third kappa shape index (κ3) is 8.63. The highest BCUT2D eigenvalue weighted by atomic mass is 35.5. The monoisotopic (exact) mass is 703 g/mol. The molecule has 2 N–H and O–H groups in total. The predicted molar refractivity (Wildman–Crippen MR) is 183 cm³/mol. The zero-order valence-electron chi connectivity index (χ0n) is 26.3. The van der Waals surface area contributed by atoms with Crippen LogP contribution in [-0.2, 0) is 6.18 Å². The number of benzene rings is 3. The molecule has 0 spiro atoms. The molecule has 1 fully saturated rings. The standard InChI is InChI=1S/C34H34ClF4N5O3S/c1-21-9-13-43(14-10-21)12-3-15-46-32-19-28-24(18-31(32)45-2)29(8-11-41-28)47-30-7-4-22(16-27(30)36)20-42-44(33(40)48)23-5-6-26(35)25(17-23)34(37,38)39/h4-8,11,16-21H,3,9-10,12-15H2,1-2H3,(H2,40,48). The average Bonchev–Trinajstić information content (AvgIpc) is 3.05. The normalized spacial score (nSPS) is 14.4. The van der Waals surface area contributed by atoms with E-state index >= 15 is 4.39 Å². The van der Waals surface area contributed by atoms with Gasteiger partial charge in [-0.05, 0) is 105 Å². The molecule has 48 heavy (non-hydrogen) atoms. The Morgan fingerprint density at radius 3 is 2.54 bits per heavy atom. The van der Waals surface area contributed by atoms with Crippen molar-refractivity contribution >= 4 is 51.7 Å². The molecular formula is C34H34ClF4N5O3S. The van der Waals surface area contributed by atoms with Crippen molar-refractivity contribution in [3.05, 3.63) is 82.8 Å². The third-order valence-corrected chi connectivity index (χ3v) is 8.45. The lowest BCUT2D eigenvalue weighted by molar-refractivity contribution is -0.137. The van der Waals surface area contributed by atoms with E-state index in [1.165, 1.54) is 37.3 Å². The van der Waals surface area contributed by atoms with Gasteiger partial charge in [0.05, 0.1) is 41.7 Å². The zero-order chi connectivity index (χ0) is 34.4. The number of nitrogens with two attached hydrogens (primary N) is 1. The van der Waals surface area contributed by atoms with Gasteiger partial charge < -0.3 is 24.8 Å². The molecule has 1 saturated heterocycles. The Kier molecular flexibility index (Phi) is 11.2. The van der Waals surface area contributed by atoms with Crippen LogP contribution in [0.4, 0.5) is 23.2 Å². The van der Waals surface area contributed by atoms with E-state index in [9.17, 15) is 13.2 Å². The maximum Gasteiger partial charge on any atom is 0.417 e. The van der Waals surface area contributed by atoms with Crippen LogP contribution in [0.2, 0.25) is 5.02 Å². The Labute approximate surface area is 286 Å². The van der Waals surface area contributed by atoms with Gasteiger partial charge in [-0.2, -0.15) is 18.3 Å². The van der Waals surface area contributed by atoms with E-state index in [2.05, 4.69) is 21.9 Å². The summed E-state index contributed by atoms with van der Waals surface area (Å²) in [5.41, 5.74) is 5.41. The SMILES string of the molecule is COc1cc2c(Oc3ccc(C=NN(C(N)=S)c4ccc(Cl)c(C(F)(F)F)c4)cc3F)ccnc2cc1OCCCN1CCC(C)CC1. The first-order valence-corrected chi connectivity index (χ1v) is 16.0. The molecule has 0 aliphatic carbocycles. The van der Waals surface area contributed by atoms with Crippen LogP contribution in [-0.4, -0.2) is 54.6 Å². The Hall–Kier alpha value is -4.20. The molecule has 254 valence electrons. The van der Waals surface area contributed by atoms with Crippen molar-refractivity contribution in [2.75, 3.05) is 38.4 Å². The zero-order valence-corrected chi connectivity index (χ0v) is 27.8. The van der Waals surface area contributed by atoms with Gasteiger partial charge in [0.25, 0.3) is 0 Å². The van der Waals surface area contributed by atoms with E-state index in [0.29, 0.717) is 34.8 Å². The van der Waals surface area contributed by atoms with Crippen molar-refractivity contribution in [1.29, 1.82) is 0 Å². The van der Waals surface area contributed by atoms with Gasteiger partial charge in [0.15, 0.2) is 28.2 Å². The number of hydrogen-bond donors (Lipinski definition) is 1. The minimum atomic E-state index is -4.70. The maximum absolute atomic E-state index is 15.3. The first-order chi connectivity index (χ1) is 22.9. The van der Waals surface area contributed by atoms with Crippen LogP contribution in [0.25, 0.3) is 10.9 Å². The summed E-state index contributed by atoms with van der Waals surface area (Å²) in [6.45, 7) is 6.02. The molecule has 4 aromatic rings. The van der Waals surface area contributed by atoms with Crippen molar-refractivity contribution in [3.63, 3.8) is 0 Å². The van der Waals surface area contributed by atoms with Crippen molar-refractivity contribution in [3.8, 4) is 23.0 Å². The number of pyridine rings is 1. The number of aromatic nitrogens is 1. The highest BCUT2D eigenvalue weighted by Gasteiger charge is 2.34. The fraction of sp³-hybridized carbons (Fsp3) is 0.324. The molecule has 1 aromatic heterocycles. The van der Waals surface area contributed by atoms with E-state index in [1.54, 1.807) is 31.5 Å². The number of alkyl halides is 3. The summed E-state index contributed by atoms with van der Waals surface area (Å²) in [7, 11) is 1.54. The fourth-order valence-corrected chi connectivity index (χ4v) is 5.66. The molecule has 0 atom stereocenters. The van der Waals surface area contributed by atoms with Crippen molar-refractivity contribution in [1.82, 2.24) is 9.88 Å². The maximum atomic E-state index is 15.3. The van der Waals surface area contributed by atoms with Crippen molar-refractivity contribution in [2.45, 2.75) is 32.4 Å². The number of methoxy groups -OCH3 is 1. The van der Waals surface area contributed by atoms with E-state index in [1.807, 2.05) is 0 Å². The summed E-state index contributed by atoms with van der Waals surface area (Å²) in [6.07, 6.45) is 1.38. The number of ether oxygens (including phenoxy) is 3. The number of likely N-dealkylation sites (tertiary alicyclic amines) is 1. The van der Waals surface area contributed by atoms with Gasteiger partial charge >= 0.3 is 6.18 Å². The van der Waals surface area contributed by atoms with Gasteiger partial charge in [-0.3, -0.25) is 4.98 Å². The van der Waals surface area contributed by atoms with E-state index < -0.39 is 22.6 Å². The molecule has 0 amide bonds. The second kappa shape index (κ2) is 15.3. The Morgan fingerprint density at radius 2 is 1.85 bits per heavy atom. The molecule has 0 radical (unpaired) electrons. The minimum Gasteiger partial charge on any atom is -0.493 e. The first-order valence-electron chi connectivity index (χ1n) is 15.2. The van der Waals surface area contributed by atoms with Crippen LogP contribution in [0.15, 0.2) is 65.9 Å². The summed E-state index contributed by atoms with van der Waals surface area (Å²) in [5.74, 6) is 1.37. The van der Waals surface area contributed by atoms with Crippen LogP contribution < -0.4 is 25.0 Å². The number of halogens is 5. The second-order valence-electron chi connectivity index (χ2n) is 11.4. The summed E-state index contributed by atoms with van der Waals surface area (Å²) in [6, 6.07) is 12.3. The van der Waals surface area contributed by atoms with Crippen molar-refractivity contribution in [2.24, 2.45) is 16.8 Å². The van der Waals surface area contributed by atoms with Crippen molar-refractivity contribution < 1.29 is 31.8 Å². The van der Waals surface area contributed by atoms with Gasteiger partial charge in [0.2, 0.25) is 0 Å². The molecule has 0 unspecified atom stereocenters. The lowest BCUT2D eigenvalue weighted by atomic mass is 9.99. The minimum absolute atomic E-state index is 0.0726. The summed E-state index contributed by atoms with van der Waals surface area (Å²) >= 11 is 10.7. The number of thiocarbonyl (C=S) groups is 1. The molecule has 1 aliphatic heterocycles. The molecular weight excluding hydrogens is 670 g/mol. The Balaban J connectivity index is 1.29. The summed E-state index contributed by atoms with van der Waals surface area (Å²) in [5, 5.41) is 4.76. The first kappa shape index (κ1) is 35.1. The number of fused-ring (bicyclic) bond motifs is 1. The third-order valence-electron chi connectivity index (χ3n) is 7.95. The number of hydrazone groups is 1. The molecule has 0 bridgehead atoms. The number of nitrogens with zero attached hydrogens (tertiary/aromatic N) is 4. The molecule has 3 aromatic carbocycles. The number of piperidine rings is 1. The largest absolute Gasteiger partial charge is 0.493 e. The quantitative estimate of drug-likeness (QED) is 0.0548. The molecule has 8 nitrogen and oxygen atoms in total. The van der Waals surface area contributed by atoms with Crippen LogP contribution in [0.5, 0.6) is 23.0 Å². The van der Waals surface area contributed by atoms with Gasteiger partial charge in [0, 0.05) is 24.2 Å². The van der Waals surface area contributed by atoms with Gasteiger partial charge in [-0.15, -0.1) is 0 Å². The summed E-state index contributed by atoms with van der Waals surface area (Å²) < 4.78 is 73.0. The molecule has 1 aliphatic rings. The van der Waals surface area contributed by atoms with E-state index in [0.717, 1.165) is 55.2 Å². The second-order valence-corrected chi connectivity index (χ2v) is 12.2. The Morgan fingerprint density at radius 1 is 1.08 bits per heavy atom. The average molecular weight is 704 g/mol. The van der Waals surface area contributed by atoms with Gasteiger partial charge in [0.1, 0.15) is 5.75 Å². The van der Waals surface area contributed by atoms with Crippen LogP contribution in [0.3, 0.4) is 0 Å². The molecule has 14 heteroatoms. The lowest BCUT2D eigenvalue weighted by Crippen LogP contribution is -2.34. The highest BCUT2D eigenvalue weighted by molar-refractivity contribution is 7.80. The topological polar surface area (TPSA) is 85.4 Å². The van der Waals surface area contributed by atoms with Crippen LogP contribution in [0.1, 0.15) is 37.3 Å². The fourth-order valence-electron chi connectivity index (χ4n) is 5.28. The van der Waals surface area contributed by atoms with Gasteiger partial charge in [-0.25, -0.2) is 9.40 Å².